The first-order valence-corrected chi connectivity index (χ1v) is 7.73. The Morgan fingerprint density at radius 1 is 0.944 bits per heavy atom. The molecular weight excluding hydrogens is 324 g/mol. The molecule has 0 aliphatic carbocycles. The molecule has 0 fully saturated rings. The molecule has 0 heterocycles. The number of rotatable bonds is 8. The fourth-order valence-corrected chi connectivity index (χ4v) is 2.89. The number of hydrogen-bond acceptors (Lipinski definition) is 11. The molecule has 18 heavy (non-hydrogen) atoms. The van der Waals surface area contributed by atoms with E-state index in [1.807, 2.05) is 0 Å². The zero-order chi connectivity index (χ0) is 14.6. The molecule has 1 atom stereocenters. The molecule has 0 aliphatic heterocycles. The number of aliphatic hydroxyl groups is 2. The van der Waals surface area contributed by atoms with Crippen molar-refractivity contribution in [2.24, 2.45) is 0 Å². The van der Waals surface area contributed by atoms with Crippen molar-refractivity contribution in [3.05, 3.63) is 0 Å². The van der Waals surface area contributed by atoms with Gasteiger partial charge in [0.05, 0.1) is 13.2 Å². The molecule has 1 unspecified atom stereocenters. The smallest absolute Gasteiger partial charge is 0.394 e. The van der Waals surface area contributed by atoms with E-state index < -0.39 is 50.5 Å². The summed E-state index contributed by atoms with van der Waals surface area (Å²) in [6.07, 6.45) is -1.64. The van der Waals surface area contributed by atoms with Crippen molar-refractivity contribution in [3.8, 4) is 0 Å². The van der Waals surface area contributed by atoms with Gasteiger partial charge in [0, 0.05) is 0 Å². The van der Waals surface area contributed by atoms with Gasteiger partial charge < -0.3 is 10.2 Å². The second-order valence-electron chi connectivity index (χ2n) is 2.50. The molecule has 15 heteroatoms. The quantitative estimate of drug-likeness (QED) is 0.375. The van der Waals surface area contributed by atoms with Crippen LogP contribution in [0, 0.1) is 0 Å². The number of hydrogen-bond donors (Lipinski definition) is 3. The fourth-order valence-electron chi connectivity index (χ4n) is 0.453. The van der Waals surface area contributed by atoms with Crippen molar-refractivity contribution in [2.75, 3.05) is 13.2 Å². The van der Waals surface area contributed by atoms with Crippen molar-refractivity contribution in [1.82, 2.24) is 0 Å². The van der Waals surface area contributed by atoms with E-state index in [1.165, 1.54) is 0 Å². The average Bonchev–Trinajstić information content (AvgIpc) is 2.08. The average molecular weight is 332 g/mol. The van der Waals surface area contributed by atoms with E-state index >= 15 is 0 Å². The SMILES string of the molecule is O=S(=O)(O)OS(=O)(=O)OS(=O)(=O)OCC(O)CO. The van der Waals surface area contributed by atoms with Gasteiger partial charge in [0.15, 0.2) is 0 Å². The van der Waals surface area contributed by atoms with Crippen molar-refractivity contribution in [3.63, 3.8) is 0 Å². The normalized spacial score (nSPS) is 15.5. The second-order valence-corrected chi connectivity index (χ2v) is 6.31. The Kier molecular flexibility index (Phi) is 6.04. The van der Waals surface area contributed by atoms with Crippen LogP contribution >= 0.6 is 0 Å². The predicted molar refractivity (Wildman–Crippen MR) is 50.6 cm³/mol. The molecule has 0 radical (unpaired) electrons. The maximum absolute atomic E-state index is 10.8. The van der Waals surface area contributed by atoms with Crippen LogP contribution in [0.25, 0.3) is 0 Å². The third-order valence-electron chi connectivity index (χ3n) is 0.951. The van der Waals surface area contributed by atoms with E-state index in [1.54, 1.807) is 0 Å². The zero-order valence-corrected chi connectivity index (χ0v) is 10.7. The first-order chi connectivity index (χ1) is 7.87. The van der Waals surface area contributed by atoms with E-state index in [2.05, 4.69) is 11.4 Å². The van der Waals surface area contributed by atoms with Crippen LogP contribution in [-0.2, 0) is 42.6 Å². The summed E-state index contributed by atoms with van der Waals surface area (Å²) in [5, 5.41) is 17.0. The molecule has 0 bridgehead atoms. The minimum atomic E-state index is -5.65. The van der Waals surface area contributed by atoms with Gasteiger partial charge in [0.25, 0.3) is 0 Å². The molecule has 110 valence electrons. The van der Waals surface area contributed by atoms with Crippen molar-refractivity contribution >= 4 is 31.2 Å². The Bertz CT molecular complexity index is 552. The monoisotopic (exact) mass is 332 g/mol. The lowest BCUT2D eigenvalue weighted by Crippen LogP contribution is -2.25. The molecule has 0 aromatic carbocycles. The van der Waals surface area contributed by atoms with Gasteiger partial charge >= 0.3 is 31.2 Å². The van der Waals surface area contributed by atoms with Crippen LogP contribution in [0.2, 0.25) is 0 Å². The molecule has 12 nitrogen and oxygen atoms in total. The summed E-state index contributed by atoms with van der Waals surface area (Å²) >= 11 is 0. The van der Waals surface area contributed by atoms with Crippen LogP contribution in [0.4, 0.5) is 0 Å². The summed E-state index contributed by atoms with van der Waals surface area (Å²) in [5.41, 5.74) is 0. The van der Waals surface area contributed by atoms with Gasteiger partial charge in [-0.25, -0.2) is 4.18 Å². The first kappa shape index (κ1) is 17.6. The van der Waals surface area contributed by atoms with Gasteiger partial charge in [-0.1, -0.05) is 7.26 Å². The lowest BCUT2D eigenvalue weighted by atomic mass is 10.4. The van der Waals surface area contributed by atoms with E-state index in [0.717, 1.165) is 0 Å². The highest BCUT2D eigenvalue weighted by atomic mass is 32.3. The van der Waals surface area contributed by atoms with Gasteiger partial charge in [0.2, 0.25) is 0 Å². The van der Waals surface area contributed by atoms with Gasteiger partial charge in [-0.05, 0) is 0 Å². The van der Waals surface area contributed by atoms with Crippen LogP contribution in [0.1, 0.15) is 0 Å². The summed E-state index contributed by atoms with van der Waals surface area (Å²) in [6, 6.07) is 0. The van der Waals surface area contributed by atoms with Crippen molar-refractivity contribution < 1.29 is 51.5 Å². The highest BCUT2D eigenvalue weighted by molar-refractivity contribution is 8.00. The van der Waals surface area contributed by atoms with E-state index in [0.29, 0.717) is 0 Å². The third-order valence-corrected chi connectivity index (χ3v) is 4.06. The van der Waals surface area contributed by atoms with Crippen molar-refractivity contribution in [2.45, 2.75) is 6.10 Å². The zero-order valence-electron chi connectivity index (χ0n) is 8.23. The topological polar surface area (TPSA) is 191 Å². The fraction of sp³-hybridized carbons (Fsp3) is 1.00. The molecule has 0 saturated carbocycles. The Labute approximate surface area is 102 Å². The van der Waals surface area contributed by atoms with Crippen LogP contribution in [0.3, 0.4) is 0 Å². The molecular formula is C3H8O12S3. The Morgan fingerprint density at radius 2 is 1.44 bits per heavy atom. The lowest BCUT2D eigenvalue weighted by Gasteiger charge is -2.07. The van der Waals surface area contributed by atoms with Crippen LogP contribution in [-0.4, -0.2) is 59.3 Å². The van der Waals surface area contributed by atoms with Crippen LogP contribution < -0.4 is 0 Å². The van der Waals surface area contributed by atoms with Crippen LogP contribution in [0.5, 0.6) is 0 Å². The van der Waals surface area contributed by atoms with Gasteiger partial charge in [0.1, 0.15) is 6.10 Å². The maximum Gasteiger partial charge on any atom is 0.432 e. The predicted octanol–water partition coefficient (Wildman–Crippen LogP) is -3.32. The largest absolute Gasteiger partial charge is 0.432 e. The second kappa shape index (κ2) is 6.17. The Balaban J connectivity index is 4.69. The Hall–Kier alpha value is -0.390. The standard InChI is InChI=1S/C3H8O12S3/c4-1-3(5)2-13-17(9,10)15-18(11,12)14-16(6,7)8/h3-5H,1-2H2,(H,6,7,8). The van der Waals surface area contributed by atoms with Crippen molar-refractivity contribution in [1.29, 1.82) is 0 Å². The summed E-state index contributed by atoms with van der Waals surface area (Å²) in [6.45, 7) is -1.94. The summed E-state index contributed by atoms with van der Waals surface area (Å²) in [7, 11) is -16.4. The molecule has 0 amide bonds. The molecule has 0 rings (SSSR count). The number of aliphatic hydroxyl groups excluding tert-OH is 2. The van der Waals surface area contributed by atoms with Crippen LogP contribution in [0.15, 0.2) is 0 Å². The summed E-state index contributed by atoms with van der Waals surface area (Å²) in [4.78, 5) is 0. The molecule has 0 aromatic rings. The first-order valence-electron chi connectivity index (χ1n) is 3.70. The highest BCUT2D eigenvalue weighted by Gasteiger charge is 2.30. The molecule has 0 aliphatic rings. The highest BCUT2D eigenvalue weighted by Crippen LogP contribution is 2.08. The molecule has 0 saturated heterocycles. The van der Waals surface area contributed by atoms with Gasteiger partial charge in [-0.15, -0.1) is 0 Å². The third kappa shape index (κ3) is 8.66. The maximum atomic E-state index is 10.8. The van der Waals surface area contributed by atoms with Gasteiger partial charge in [-0.3, -0.25) is 4.55 Å². The minimum absolute atomic E-state index is 0.885. The summed E-state index contributed by atoms with van der Waals surface area (Å²) in [5.74, 6) is 0. The molecule has 0 spiro atoms. The van der Waals surface area contributed by atoms with E-state index in [9.17, 15) is 25.3 Å². The molecule has 0 aromatic heterocycles. The summed E-state index contributed by atoms with van der Waals surface area (Å²) < 4.78 is 80.6. The Morgan fingerprint density at radius 3 is 1.83 bits per heavy atom. The van der Waals surface area contributed by atoms with Gasteiger partial charge in [-0.2, -0.15) is 25.3 Å². The molecule has 3 N–H and O–H groups in total. The minimum Gasteiger partial charge on any atom is -0.394 e. The van der Waals surface area contributed by atoms with E-state index in [4.69, 9.17) is 14.8 Å². The lowest BCUT2D eigenvalue weighted by molar-refractivity contribution is 0.0521. The van der Waals surface area contributed by atoms with E-state index in [-0.39, 0.29) is 0 Å².